The Morgan fingerprint density at radius 3 is 1.52 bits per heavy atom. The number of carbonyl (C=O) groups excluding carboxylic acids is 1. The topological polar surface area (TPSA) is 66.0 Å². The van der Waals surface area contributed by atoms with Crippen molar-refractivity contribution in [2.75, 3.05) is 13.2 Å². The van der Waals surface area contributed by atoms with E-state index in [-0.39, 0.29) is 5.91 Å². The maximum atomic E-state index is 13.7. The predicted molar refractivity (Wildman–Crippen MR) is 212 cm³/mol. The molecule has 52 heavy (non-hydrogen) atoms. The molecule has 1 N–H and O–H groups in total. The van der Waals surface area contributed by atoms with Gasteiger partial charge in [0.05, 0.1) is 38.3 Å². The maximum Gasteiger partial charge on any atom is 0.253 e. The van der Waals surface area contributed by atoms with Crippen LogP contribution in [0.4, 0.5) is 0 Å². The molecule has 3 aromatic carbocycles. The lowest BCUT2D eigenvalue weighted by molar-refractivity contribution is -0.156. The van der Waals surface area contributed by atoms with Gasteiger partial charge in [-0.15, -0.1) is 0 Å². The molecule has 6 nitrogen and oxygen atoms in total. The summed E-state index contributed by atoms with van der Waals surface area (Å²) in [4.78, 5) is 13.7. The van der Waals surface area contributed by atoms with Gasteiger partial charge < -0.3 is 24.3 Å². The molecule has 284 valence electrons. The van der Waals surface area contributed by atoms with Crippen molar-refractivity contribution in [1.29, 1.82) is 0 Å². The van der Waals surface area contributed by atoms with Crippen LogP contribution in [0.5, 0.6) is 0 Å². The molecule has 1 heterocycles. The molecule has 6 heteroatoms. The molecule has 0 fully saturated rings. The van der Waals surface area contributed by atoms with Gasteiger partial charge in [0.1, 0.15) is 18.3 Å². The summed E-state index contributed by atoms with van der Waals surface area (Å²) >= 11 is 0. The molecule has 3 atom stereocenters. The first kappa shape index (κ1) is 41.3. The Kier molecular flexibility index (Phi) is 20.9. The number of hydrogen-bond donors (Lipinski definition) is 1. The molecule has 0 saturated carbocycles. The fourth-order valence-electron chi connectivity index (χ4n) is 6.74. The number of rotatable bonds is 28. The first-order valence-electron chi connectivity index (χ1n) is 20.3. The summed E-state index contributed by atoms with van der Waals surface area (Å²) in [5, 5.41) is 3.15. The lowest BCUT2D eigenvalue weighted by atomic mass is 9.97. The van der Waals surface area contributed by atoms with Crippen molar-refractivity contribution >= 4 is 5.91 Å². The van der Waals surface area contributed by atoms with Gasteiger partial charge in [0.2, 0.25) is 0 Å². The van der Waals surface area contributed by atoms with Crippen LogP contribution in [-0.2, 0) is 43.6 Å². The maximum absolute atomic E-state index is 13.7. The van der Waals surface area contributed by atoms with E-state index in [9.17, 15) is 4.79 Å². The van der Waals surface area contributed by atoms with E-state index in [4.69, 9.17) is 18.9 Å². The van der Waals surface area contributed by atoms with Gasteiger partial charge in [-0.2, -0.15) is 0 Å². The Morgan fingerprint density at radius 2 is 1.02 bits per heavy atom. The monoisotopic (exact) mass is 711 g/mol. The third-order valence-electron chi connectivity index (χ3n) is 9.87. The second-order valence-corrected chi connectivity index (χ2v) is 14.3. The number of amides is 1. The van der Waals surface area contributed by atoms with Gasteiger partial charge in [0, 0.05) is 6.54 Å². The van der Waals surface area contributed by atoms with Crippen molar-refractivity contribution in [3.05, 3.63) is 120 Å². The molecule has 0 bridgehead atoms. The van der Waals surface area contributed by atoms with Crippen molar-refractivity contribution in [3.8, 4) is 0 Å². The van der Waals surface area contributed by atoms with Crippen LogP contribution in [-0.4, -0.2) is 37.4 Å². The van der Waals surface area contributed by atoms with Crippen molar-refractivity contribution in [2.24, 2.45) is 0 Å². The number of ether oxygens (including phenoxy) is 4. The SMILES string of the molecule is CCCCCCCCCCCCCCCCCCNC(=O)C1=CO[C@H](COCc2ccccc2)[C@@H](OCc2ccccc2)[C@@H]1OCc1ccccc1. The van der Waals surface area contributed by atoms with Gasteiger partial charge in [-0.1, -0.05) is 194 Å². The van der Waals surface area contributed by atoms with Gasteiger partial charge in [0.25, 0.3) is 5.91 Å². The Morgan fingerprint density at radius 1 is 0.577 bits per heavy atom. The quantitative estimate of drug-likeness (QED) is 0.0760. The second-order valence-electron chi connectivity index (χ2n) is 14.3. The normalized spacial score (nSPS) is 17.0. The number of hydrogen-bond acceptors (Lipinski definition) is 5. The van der Waals surface area contributed by atoms with Crippen LogP contribution in [0.15, 0.2) is 103 Å². The lowest BCUT2D eigenvalue weighted by Crippen LogP contribution is -2.50. The first-order chi connectivity index (χ1) is 25.7. The Balaban J connectivity index is 1.23. The summed E-state index contributed by atoms with van der Waals surface area (Å²) in [7, 11) is 0. The van der Waals surface area contributed by atoms with Crippen LogP contribution in [0.1, 0.15) is 126 Å². The Labute approximate surface area is 314 Å². The molecule has 0 unspecified atom stereocenters. The molecular weight excluding hydrogens is 647 g/mol. The summed E-state index contributed by atoms with van der Waals surface area (Å²) in [6, 6.07) is 30.2. The number of nitrogens with one attached hydrogen (secondary N) is 1. The van der Waals surface area contributed by atoms with Gasteiger partial charge in [-0.05, 0) is 23.1 Å². The van der Waals surface area contributed by atoms with Crippen molar-refractivity contribution in [3.63, 3.8) is 0 Å². The summed E-state index contributed by atoms with van der Waals surface area (Å²) in [6.45, 7) is 4.37. The third kappa shape index (κ3) is 16.5. The molecule has 1 aliphatic heterocycles. The fourth-order valence-corrected chi connectivity index (χ4v) is 6.74. The number of benzene rings is 3. The molecule has 0 saturated heterocycles. The fraction of sp³-hybridized carbons (Fsp3) is 0.543. The average Bonchev–Trinajstić information content (AvgIpc) is 3.18. The van der Waals surface area contributed by atoms with Gasteiger partial charge in [-0.25, -0.2) is 0 Å². The molecule has 0 radical (unpaired) electrons. The van der Waals surface area contributed by atoms with Gasteiger partial charge >= 0.3 is 0 Å². The van der Waals surface area contributed by atoms with Crippen molar-refractivity contribution < 1.29 is 23.7 Å². The van der Waals surface area contributed by atoms with E-state index in [0.717, 1.165) is 29.5 Å². The van der Waals surface area contributed by atoms with E-state index >= 15 is 0 Å². The zero-order chi connectivity index (χ0) is 36.3. The summed E-state index contributed by atoms with van der Waals surface area (Å²) < 4.78 is 25.4. The molecular formula is C46H65NO5. The molecule has 1 aliphatic rings. The summed E-state index contributed by atoms with van der Waals surface area (Å²) in [5.41, 5.74) is 3.60. The average molecular weight is 712 g/mol. The van der Waals surface area contributed by atoms with E-state index in [1.807, 2.05) is 91.0 Å². The number of unbranched alkanes of at least 4 members (excludes halogenated alkanes) is 15. The Bertz CT molecular complexity index is 1350. The highest BCUT2D eigenvalue weighted by Crippen LogP contribution is 2.28. The van der Waals surface area contributed by atoms with Crippen molar-refractivity contribution in [2.45, 2.75) is 148 Å². The molecule has 0 spiro atoms. The minimum atomic E-state index is -0.631. The van der Waals surface area contributed by atoms with E-state index in [0.29, 0.717) is 38.5 Å². The molecule has 0 aromatic heterocycles. The minimum Gasteiger partial charge on any atom is -0.492 e. The van der Waals surface area contributed by atoms with Gasteiger partial charge in [0.15, 0.2) is 0 Å². The zero-order valence-corrected chi connectivity index (χ0v) is 31.9. The van der Waals surface area contributed by atoms with E-state index in [2.05, 4.69) is 12.2 Å². The number of carbonyl (C=O) groups is 1. The molecule has 1 amide bonds. The summed E-state index contributed by atoms with van der Waals surface area (Å²) in [6.07, 6.45) is 21.1. The highest BCUT2D eigenvalue weighted by atomic mass is 16.6. The standard InChI is InChI=1S/C46H65NO5/c1-2-3-4-5-6-7-8-9-10-11-12-13-14-15-16-26-33-47-46(48)42-37-50-43(38-49-34-39-27-20-17-21-28-39)45(52-36-41-31-24-19-25-32-41)44(42)51-35-40-29-22-18-23-30-40/h17-25,27-32,37,43-45H,2-16,26,33-36,38H2,1H3,(H,47,48)/t43-,44-,45-/m1/s1. The van der Waals surface area contributed by atoms with E-state index in [1.54, 1.807) is 6.26 Å². The van der Waals surface area contributed by atoms with Gasteiger partial charge in [-0.3, -0.25) is 4.79 Å². The van der Waals surface area contributed by atoms with E-state index in [1.165, 1.54) is 89.9 Å². The van der Waals surface area contributed by atoms with Crippen LogP contribution in [0.2, 0.25) is 0 Å². The largest absolute Gasteiger partial charge is 0.492 e. The lowest BCUT2D eigenvalue weighted by Gasteiger charge is -2.37. The third-order valence-corrected chi connectivity index (χ3v) is 9.87. The minimum absolute atomic E-state index is 0.170. The predicted octanol–water partition coefficient (Wildman–Crippen LogP) is 11.0. The second kappa shape index (κ2) is 26.3. The highest BCUT2D eigenvalue weighted by molar-refractivity contribution is 5.94. The highest BCUT2D eigenvalue weighted by Gasteiger charge is 2.41. The molecule has 0 aliphatic carbocycles. The van der Waals surface area contributed by atoms with Crippen LogP contribution in [0, 0.1) is 0 Å². The van der Waals surface area contributed by atoms with Crippen LogP contribution in [0.25, 0.3) is 0 Å². The summed E-state index contributed by atoms with van der Waals surface area (Å²) in [5.74, 6) is -0.170. The van der Waals surface area contributed by atoms with E-state index < -0.39 is 18.3 Å². The molecule has 3 aromatic rings. The van der Waals surface area contributed by atoms with Crippen molar-refractivity contribution in [1.82, 2.24) is 5.32 Å². The smallest absolute Gasteiger partial charge is 0.253 e. The molecule has 4 rings (SSSR count). The van der Waals surface area contributed by atoms with Crippen LogP contribution < -0.4 is 5.32 Å². The Hall–Kier alpha value is -3.45. The van der Waals surface area contributed by atoms with Crippen LogP contribution >= 0.6 is 0 Å². The van der Waals surface area contributed by atoms with Crippen LogP contribution in [0.3, 0.4) is 0 Å². The zero-order valence-electron chi connectivity index (χ0n) is 31.9. The first-order valence-corrected chi connectivity index (χ1v) is 20.3.